The molecule has 0 bridgehead atoms. The van der Waals surface area contributed by atoms with Crippen molar-refractivity contribution in [1.82, 2.24) is 14.5 Å². The van der Waals surface area contributed by atoms with E-state index in [2.05, 4.69) is 21.8 Å². The zero-order valence-corrected chi connectivity index (χ0v) is 17.6. The molecule has 1 aromatic carbocycles. The highest BCUT2D eigenvalue weighted by atomic mass is 16.5. The number of ether oxygens (including phenoxy) is 3. The minimum Gasteiger partial charge on any atom is -0.493 e. The summed E-state index contributed by atoms with van der Waals surface area (Å²) in [4.78, 5) is 19.0. The molecule has 1 N–H and O–H groups in total. The molecule has 1 aliphatic heterocycles. The first-order chi connectivity index (χ1) is 14.1. The van der Waals surface area contributed by atoms with Crippen LogP contribution >= 0.6 is 0 Å². The van der Waals surface area contributed by atoms with Crippen molar-refractivity contribution in [1.29, 1.82) is 0 Å². The van der Waals surface area contributed by atoms with Gasteiger partial charge in [0.15, 0.2) is 11.5 Å². The molecular formula is C21H30N4O4. The number of likely N-dealkylation sites (tertiary alicyclic amines) is 1. The van der Waals surface area contributed by atoms with E-state index in [1.807, 2.05) is 17.3 Å². The van der Waals surface area contributed by atoms with Crippen LogP contribution in [0.4, 0.5) is 10.5 Å². The monoisotopic (exact) mass is 402 g/mol. The molecule has 0 unspecified atom stereocenters. The first-order valence-electron chi connectivity index (χ1n) is 9.95. The van der Waals surface area contributed by atoms with Gasteiger partial charge in [0.2, 0.25) is 5.75 Å². The molecule has 2 aromatic rings. The number of imidazole rings is 1. The van der Waals surface area contributed by atoms with Gasteiger partial charge in [-0.25, -0.2) is 9.78 Å². The highest BCUT2D eigenvalue weighted by Crippen LogP contribution is 2.40. The van der Waals surface area contributed by atoms with Gasteiger partial charge in [-0.3, -0.25) is 0 Å². The molecular weight excluding hydrogens is 372 g/mol. The van der Waals surface area contributed by atoms with Crippen LogP contribution in [-0.2, 0) is 13.0 Å². The third-order valence-corrected chi connectivity index (χ3v) is 5.39. The quantitative estimate of drug-likeness (QED) is 0.768. The number of methoxy groups -OCH3 is 3. The molecule has 8 heteroatoms. The number of piperidine rings is 1. The number of aromatic nitrogens is 2. The van der Waals surface area contributed by atoms with Crippen LogP contribution in [0.5, 0.6) is 17.2 Å². The summed E-state index contributed by atoms with van der Waals surface area (Å²) in [6.45, 7) is 4.55. The number of carbonyl (C=O) groups is 1. The van der Waals surface area contributed by atoms with Crippen LogP contribution in [0.15, 0.2) is 24.5 Å². The van der Waals surface area contributed by atoms with Crippen LogP contribution < -0.4 is 19.5 Å². The van der Waals surface area contributed by atoms with E-state index < -0.39 is 0 Å². The van der Waals surface area contributed by atoms with Crippen molar-refractivity contribution in [2.75, 3.05) is 39.7 Å². The van der Waals surface area contributed by atoms with Crippen LogP contribution in [0.25, 0.3) is 0 Å². The van der Waals surface area contributed by atoms with Crippen LogP contribution in [0.1, 0.15) is 25.6 Å². The Balaban J connectivity index is 1.58. The fourth-order valence-corrected chi connectivity index (χ4v) is 3.77. The van der Waals surface area contributed by atoms with Gasteiger partial charge in [-0.05, 0) is 18.8 Å². The topological polar surface area (TPSA) is 77.9 Å². The fourth-order valence-electron chi connectivity index (χ4n) is 3.77. The average Bonchev–Trinajstić information content (AvgIpc) is 3.20. The Morgan fingerprint density at radius 1 is 1.14 bits per heavy atom. The van der Waals surface area contributed by atoms with Gasteiger partial charge in [0, 0.05) is 50.6 Å². The number of aryl methyl sites for hydroxylation is 1. The van der Waals surface area contributed by atoms with Gasteiger partial charge in [-0.15, -0.1) is 0 Å². The number of nitrogens with one attached hydrogen (secondary N) is 1. The molecule has 158 valence electrons. The second-order valence-electron chi connectivity index (χ2n) is 7.12. The molecule has 29 heavy (non-hydrogen) atoms. The molecule has 0 atom stereocenters. The van der Waals surface area contributed by atoms with Crippen molar-refractivity contribution in [2.45, 2.75) is 32.7 Å². The Morgan fingerprint density at radius 3 is 2.34 bits per heavy atom. The molecule has 0 aliphatic carbocycles. The van der Waals surface area contributed by atoms with E-state index in [9.17, 15) is 4.79 Å². The summed E-state index contributed by atoms with van der Waals surface area (Å²) in [5.41, 5.74) is 0.609. The molecule has 0 radical (unpaired) electrons. The molecule has 0 saturated carbocycles. The minimum atomic E-state index is -0.116. The van der Waals surface area contributed by atoms with Crippen molar-refractivity contribution in [2.24, 2.45) is 5.92 Å². The fraction of sp³-hybridized carbons (Fsp3) is 0.524. The normalized spacial score (nSPS) is 14.6. The Kier molecular flexibility index (Phi) is 6.85. The molecule has 1 saturated heterocycles. The van der Waals surface area contributed by atoms with Gasteiger partial charge in [0.05, 0.1) is 27.0 Å². The van der Waals surface area contributed by atoms with Gasteiger partial charge in [0.1, 0.15) is 5.82 Å². The van der Waals surface area contributed by atoms with Gasteiger partial charge < -0.3 is 29.0 Å². The van der Waals surface area contributed by atoms with Crippen molar-refractivity contribution >= 4 is 11.7 Å². The Labute approximate surface area is 171 Å². The molecule has 8 nitrogen and oxygen atoms in total. The summed E-state index contributed by atoms with van der Waals surface area (Å²) in [5, 5.41) is 2.95. The SMILES string of the molecule is CCc1nccn1CC1CCN(C(=O)Nc2cc(OC)c(OC)c(OC)c2)CC1. The highest BCUT2D eigenvalue weighted by molar-refractivity contribution is 5.90. The third kappa shape index (κ3) is 4.75. The lowest BCUT2D eigenvalue weighted by atomic mass is 9.97. The van der Waals surface area contributed by atoms with Gasteiger partial charge in [-0.2, -0.15) is 0 Å². The van der Waals surface area contributed by atoms with Gasteiger partial charge in [0.25, 0.3) is 0 Å². The number of hydrogen-bond acceptors (Lipinski definition) is 5. The van der Waals surface area contributed by atoms with E-state index in [-0.39, 0.29) is 6.03 Å². The highest BCUT2D eigenvalue weighted by Gasteiger charge is 2.24. The Hall–Kier alpha value is -2.90. The van der Waals surface area contributed by atoms with Crippen LogP contribution in [0, 0.1) is 5.92 Å². The minimum absolute atomic E-state index is 0.116. The maximum Gasteiger partial charge on any atom is 0.321 e. The van der Waals surface area contributed by atoms with Crippen LogP contribution in [0.2, 0.25) is 0 Å². The average molecular weight is 402 g/mol. The number of benzene rings is 1. The van der Waals surface area contributed by atoms with Crippen LogP contribution in [-0.4, -0.2) is 54.9 Å². The summed E-state index contributed by atoms with van der Waals surface area (Å²) in [6.07, 6.45) is 6.79. The maximum absolute atomic E-state index is 12.7. The van der Waals surface area contributed by atoms with E-state index in [0.29, 0.717) is 28.9 Å². The van der Waals surface area contributed by atoms with E-state index in [4.69, 9.17) is 14.2 Å². The number of urea groups is 1. The molecule has 3 rings (SSSR count). The number of nitrogens with zero attached hydrogens (tertiary/aromatic N) is 3. The summed E-state index contributed by atoms with van der Waals surface area (Å²) in [5.74, 6) is 3.19. The summed E-state index contributed by atoms with van der Waals surface area (Å²) in [7, 11) is 4.66. The summed E-state index contributed by atoms with van der Waals surface area (Å²) < 4.78 is 18.3. The van der Waals surface area contributed by atoms with Crippen molar-refractivity contribution in [3.63, 3.8) is 0 Å². The third-order valence-electron chi connectivity index (χ3n) is 5.39. The lowest BCUT2D eigenvalue weighted by Gasteiger charge is -2.32. The van der Waals surface area contributed by atoms with Crippen molar-refractivity contribution in [3.8, 4) is 17.2 Å². The van der Waals surface area contributed by atoms with Crippen molar-refractivity contribution < 1.29 is 19.0 Å². The number of amides is 2. The molecule has 0 spiro atoms. The zero-order valence-electron chi connectivity index (χ0n) is 17.6. The number of anilines is 1. The second kappa shape index (κ2) is 9.54. The molecule has 1 aliphatic rings. The van der Waals surface area contributed by atoms with E-state index in [1.165, 1.54) is 0 Å². The summed E-state index contributed by atoms with van der Waals surface area (Å²) in [6, 6.07) is 3.35. The lowest BCUT2D eigenvalue weighted by molar-refractivity contribution is 0.176. The smallest absolute Gasteiger partial charge is 0.321 e. The standard InChI is InChI=1S/C21H30N4O4/c1-5-19-22-8-11-25(19)14-15-6-9-24(10-7-15)21(26)23-16-12-17(27-2)20(29-4)18(13-16)28-3/h8,11-13,15H,5-7,9-10,14H2,1-4H3,(H,23,26). The number of hydrogen-bond donors (Lipinski definition) is 1. The molecule has 2 heterocycles. The van der Waals surface area contributed by atoms with Crippen LogP contribution in [0.3, 0.4) is 0 Å². The predicted molar refractivity (Wildman–Crippen MR) is 111 cm³/mol. The van der Waals surface area contributed by atoms with Gasteiger partial charge in [-0.1, -0.05) is 6.92 Å². The molecule has 1 fully saturated rings. The Morgan fingerprint density at radius 2 is 1.79 bits per heavy atom. The van der Waals surface area contributed by atoms with E-state index >= 15 is 0 Å². The number of rotatable bonds is 7. The second-order valence-corrected chi connectivity index (χ2v) is 7.12. The first kappa shape index (κ1) is 20.8. The van der Waals surface area contributed by atoms with Crippen molar-refractivity contribution in [3.05, 3.63) is 30.4 Å². The lowest BCUT2D eigenvalue weighted by Crippen LogP contribution is -2.41. The first-order valence-corrected chi connectivity index (χ1v) is 9.95. The predicted octanol–water partition coefficient (Wildman–Crippen LogP) is 3.42. The molecule has 1 aromatic heterocycles. The maximum atomic E-state index is 12.7. The van der Waals surface area contributed by atoms with E-state index in [0.717, 1.165) is 44.7 Å². The van der Waals surface area contributed by atoms with Gasteiger partial charge >= 0.3 is 6.03 Å². The largest absolute Gasteiger partial charge is 0.493 e. The summed E-state index contributed by atoms with van der Waals surface area (Å²) >= 11 is 0. The van der Waals surface area contributed by atoms with E-state index in [1.54, 1.807) is 33.5 Å². The Bertz CT molecular complexity index is 803. The number of carbonyl (C=O) groups excluding carboxylic acids is 1. The molecule has 2 amide bonds. The zero-order chi connectivity index (χ0) is 20.8.